The van der Waals surface area contributed by atoms with Crippen LogP contribution in [0, 0.1) is 6.92 Å². The number of fused-ring (bicyclic) bond motifs is 1. The van der Waals surface area contributed by atoms with Crippen molar-refractivity contribution in [1.82, 2.24) is 14.9 Å². The van der Waals surface area contributed by atoms with Gasteiger partial charge in [-0.25, -0.2) is 4.98 Å². The van der Waals surface area contributed by atoms with Crippen LogP contribution in [0.1, 0.15) is 11.1 Å². The highest BCUT2D eigenvalue weighted by atomic mass is 15.3. The van der Waals surface area contributed by atoms with Gasteiger partial charge in [0.1, 0.15) is 5.82 Å². The minimum atomic E-state index is 1.05. The van der Waals surface area contributed by atoms with Gasteiger partial charge in [0.25, 0.3) is 0 Å². The van der Waals surface area contributed by atoms with E-state index < -0.39 is 0 Å². The largest absolute Gasteiger partial charge is 0.354 e. The van der Waals surface area contributed by atoms with Crippen LogP contribution >= 0.6 is 0 Å². The Kier molecular flexibility index (Phi) is 4.61. The average molecular weight is 332 g/mol. The number of aryl methyl sites for hydroxylation is 1. The summed E-state index contributed by atoms with van der Waals surface area (Å²) in [6, 6.07) is 15.0. The summed E-state index contributed by atoms with van der Waals surface area (Å²) in [4.78, 5) is 13.9. The summed E-state index contributed by atoms with van der Waals surface area (Å²) in [5.74, 6) is 1.10. The zero-order chi connectivity index (χ0) is 17.1. The van der Waals surface area contributed by atoms with Crippen LogP contribution in [0.3, 0.4) is 0 Å². The van der Waals surface area contributed by atoms with Gasteiger partial charge < -0.3 is 4.90 Å². The van der Waals surface area contributed by atoms with Gasteiger partial charge in [0.15, 0.2) is 0 Å². The van der Waals surface area contributed by atoms with Crippen LogP contribution in [0.5, 0.6) is 0 Å². The molecule has 128 valence electrons. The molecule has 0 bridgehead atoms. The smallest absolute Gasteiger partial charge is 0.128 e. The number of rotatable bonds is 4. The highest BCUT2D eigenvalue weighted by Crippen LogP contribution is 2.16. The molecule has 0 spiro atoms. The molecule has 0 aliphatic carbocycles. The van der Waals surface area contributed by atoms with Gasteiger partial charge in [-0.1, -0.05) is 24.3 Å². The molecule has 2 aromatic heterocycles. The van der Waals surface area contributed by atoms with E-state index in [0.717, 1.165) is 50.5 Å². The lowest BCUT2D eigenvalue weighted by Crippen LogP contribution is -2.47. The first-order chi connectivity index (χ1) is 12.3. The Morgan fingerprint density at radius 3 is 2.64 bits per heavy atom. The Morgan fingerprint density at radius 1 is 0.960 bits per heavy atom. The van der Waals surface area contributed by atoms with Crippen molar-refractivity contribution in [3.8, 4) is 0 Å². The van der Waals surface area contributed by atoms with Crippen LogP contribution in [0.2, 0.25) is 0 Å². The molecule has 3 aromatic rings. The van der Waals surface area contributed by atoms with Crippen LogP contribution in [-0.4, -0.2) is 47.6 Å². The number of aromatic nitrogens is 2. The van der Waals surface area contributed by atoms with E-state index in [1.165, 1.54) is 16.5 Å². The number of piperazine rings is 1. The third-order valence-corrected chi connectivity index (χ3v) is 4.98. The molecule has 1 saturated heterocycles. The zero-order valence-corrected chi connectivity index (χ0v) is 14.7. The van der Waals surface area contributed by atoms with E-state index in [4.69, 9.17) is 0 Å². The predicted octanol–water partition coefficient (Wildman–Crippen LogP) is 3.30. The highest BCUT2D eigenvalue weighted by Gasteiger charge is 2.17. The molecule has 0 amide bonds. The normalized spacial score (nSPS) is 15.6. The molecule has 1 aliphatic rings. The van der Waals surface area contributed by atoms with E-state index in [0.29, 0.717) is 0 Å². The standard InChI is InChI=1S/C21H24N4/c1-17-4-7-21(23-16-17)25-13-11-24(12-14-25)10-8-18-5-6-19-3-2-9-22-20(19)15-18/h2-7,9,15-16H,8,10-14H2,1H3. The second-order valence-corrected chi connectivity index (χ2v) is 6.80. The maximum Gasteiger partial charge on any atom is 0.128 e. The molecule has 0 N–H and O–H groups in total. The van der Waals surface area contributed by atoms with Gasteiger partial charge in [-0.05, 0) is 42.7 Å². The van der Waals surface area contributed by atoms with Gasteiger partial charge in [-0.2, -0.15) is 0 Å². The van der Waals surface area contributed by atoms with Crippen LogP contribution in [0.25, 0.3) is 10.9 Å². The van der Waals surface area contributed by atoms with Crippen molar-refractivity contribution in [1.29, 1.82) is 0 Å². The van der Waals surface area contributed by atoms with Crippen molar-refractivity contribution in [2.24, 2.45) is 0 Å². The number of nitrogens with zero attached hydrogens (tertiary/aromatic N) is 4. The molecule has 0 saturated carbocycles. The first kappa shape index (κ1) is 16.0. The third kappa shape index (κ3) is 3.80. The molecule has 25 heavy (non-hydrogen) atoms. The van der Waals surface area contributed by atoms with Crippen molar-refractivity contribution < 1.29 is 0 Å². The summed E-state index contributed by atoms with van der Waals surface area (Å²) < 4.78 is 0. The van der Waals surface area contributed by atoms with E-state index in [2.05, 4.69) is 63.1 Å². The lowest BCUT2D eigenvalue weighted by Gasteiger charge is -2.35. The predicted molar refractivity (Wildman–Crippen MR) is 103 cm³/mol. The first-order valence-electron chi connectivity index (χ1n) is 9.01. The maximum atomic E-state index is 4.55. The Morgan fingerprint density at radius 2 is 1.84 bits per heavy atom. The summed E-state index contributed by atoms with van der Waals surface area (Å²) in [6.07, 6.45) is 4.90. The molecule has 3 heterocycles. The molecule has 4 nitrogen and oxygen atoms in total. The molecule has 1 aromatic carbocycles. The molecular formula is C21H24N4. The summed E-state index contributed by atoms with van der Waals surface area (Å²) >= 11 is 0. The van der Waals surface area contributed by atoms with E-state index in [1.807, 2.05) is 18.5 Å². The zero-order valence-electron chi connectivity index (χ0n) is 14.7. The fourth-order valence-electron chi connectivity index (χ4n) is 3.40. The Balaban J connectivity index is 1.31. The number of hydrogen-bond donors (Lipinski definition) is 0. The number of anilines is 1. The molecule has 4 heteroatoms. The molecule has 0 radical (unpaired) electrons. The monoisotopic (exact) mass is 332 g/mol. The lowest BCUT2D eigenvalue weighted by molar-refractivity contribution is 0.260. The van der Waals surface area contributed by atoms with E-state index >= 15 is 0 Å². The average Bonchev–Trinajstić information content (AvgIpc) is 2.67. The van der Waals surface area contributed by atoms with Crippen molar-refractivity contribution in [2.75, 3.05) is 37.6 Å². The fourth-order valence-corrected chi connectivity index (χ4v) is 3.40. The van der Waals surface area contributed by atoms with E-state index in [9.17, 15) is 0 Å². The van der Waals surface area contributed by atoms with E-state index in [-0.39, 0.29) is 0 Å². The molecule has 0 unspecified atom stereocenters. The Bertz CT molecular complexity index is 836. The number of benzene rings is 1. The van der Waals surface area contributed by atoms with Crippen molar-refractivity contribution in [3.63, 3.8) is 0 Å². The topological polar surface area (TPSA) is 32.3 Å². The van der Waals surface area contributed by atoms with Gasteiger partial charge in [-0.3, -0.25) is 9.88 Å². The third-order valence-electron chi connectivity index (χ3n) is 4.98. The second-order valence-electron chi connectivity index (χ2n) is 6.80. The summed E-state index contributed by atoms with van der Waals surface area (Å²) in [5.41, 5.74) is 3.68. The van der Waals surface area contributed by atoms with Crippen molar-refractivity contribution in [3.05, 3.63) is 66.0 Å². The first-order valence-corrected chi connectivity index (χ1v) is 9.01. The Hall–Kier alpha value is -2.46. The van der Waals surface area contributed by atoms with Crippen LogP contribution < -0.4 is 4.90 Å². The van der Waals surface area contributed by atoms with Gasteiger partial charge >= 0.3 is 0 Å². The van der Waals surface area contributed by atoms with Gasteiger partial charge in [-0.15, -0.1) is 0 Å². The maximum absolute atomic E-state index is 4.55. The van der Waals surface area contributed by atoms with Gasteiger partial charge in [0.05, 0.1) is 5.52 Å². The summed E-state index contributed by atoms with van der Waals surface area (Å²) in [6.45, 7) is 7.48. The summed E-state index contributed by atoms with van der Waals surface area (Å²) in [5, 5.41) is 1.21. The fraction of sp³-hybridized carbons (Fsp3) is 0.333. The van der Waals surface area contributed by atoms with Crippen LogP contribution in [0.4, 0.5) is 5.82 Å². The van der Waals surface area contributed by atoms with Crippen LogP contribution in [0.15, 0.2) is 54.9 Å². The number of hydrogen-bond acceptors (Lipinski definition) is 4. The quantitative estimate of drug-likeness (QED) is 0.734. The van der Waals surface area contributed by atoms with Crippen molar-refractivity contribution >= 4 is 16.7 Å². The Labute approximate surface area is 149 Å². The molecule has 0 atom stereocenters. The van der Waals surface area contributed by atoms with Crippen molar-refractivity contribution in [2.45, 2.75) is 13.3 Å². The van der Waals surface area contributed by atoms with Gasteiger partial charge in [0.2, 0.25) is 0 Å². The molecular weight excluding hydrogens is 308 g/mol. The molecule has 1 fully saturated rings. The highest BCUT2D eigenvalue weighted by molar-refractivity contribution is 5.78. The van der Waals surface area contributed by atoms with Gasteiger partial charge in [0, 0.05) is 50.5 Å². The summed E-state index contributed by atoms with van der Waals surface area (Å²) in [7, 11) is 0. The second kappa shape index (κ2) is 7.19. The minimum Gasteiger partial charge on any atom is -0.354 e. The molecule has 4 rings (SSSR count). The number of pyridine rings is 2. The molecule has 1 aliphatic heterocycles. The van der Waals surface area contributed by atoms with E-state index in [1.54, 1.807) is 0 Å². The minimum absolute atomic E-state index is 1.05. The van der Waals surface area contributed by atoms with Crippen LogP contribution in [-0.2, 0) is 6.42 Å². The SMILES string of the molecule is Cc1ccc(N2CCN(CCc3ccc4cccnc4c3)CC2)nc1. The lowest BCUT2D eigenvalue weighted by atomic mass is 10.1.